The van der Waals surface area contributed by atoms with Gasteiger partial charge in [0.15, 0.2) is 0 Å². The molecule has 8 nitrogen and oxygen atoms in total. The van der Waals surface area contributed by atoms with Crippen LogP contribution < -0.4 is 30.9 Å². The molecule has 0 saturated heterocycles. The van der Waals surface area contributed by atoms with E-state index in [1.165, 1.54) is 4.68 Å². The molecule has 0 fully saturated rings. The summed E-state index contributed by atoms with van der Waals surface area (Å²) in [6, 6.07) is 12.9. The maximum Gasteiger partial charge on any atom is 0.283 e. The molecule has 0 amide bonds. The Hall–Kier alpha value is -3.94. The molecule has 2 aromatic heterocycles. The molecule has 2 heterocycles. The number of hydrogen-bond acceptors (Lipinski definition) is 5. The van der Waals surface area contributed by atoms with Crippen LogP contribution in [0.25, 0.3) is 29.8 Å². The highest BCUT2D eigenvalue weighted by molar-refractivity contribution is 5.75. The summed E-state index contributed by atoms with van der Waals surface area (Å²) in [5.74, 6) is 1.68. The zero-order valence-corrected chi connectivity index (χ0v) is 15.4. The topological polar surface area (TPSA) is 97.0 Å². The quantitative estimate of drug-likeness (QED) is 0.487. The van der Waals surface area contributed by atoms with Gasteiger partial charge in [-0.25, -0.2) is 4.98 Å². The van der Waals surface area contributed by atoms with E-state index >= 15 is 0 Å². The van der Waals surface area contributed by atoms with E-state index in [4.69, 9.17) is 9.47 Å². The molecule has 3 N–H and O–H groups in total. The van der Waals surface area contributed by atoms with Crippen molar-refractivity contribution in [2.75, 3.05) is 19.5 Å². The molecule has 28 heavy (non-hydrogen) atoms. The average Bonchev–Trinajstić information content (AvgIpc) is 3.26. The van der Waals surface area contributed by atoms with E-state index in [1.807, 2.05) is 24.3 Å². The fourth-order valence-electron chi connectivity index (χ4n) is 2.88. The summed E-state index contributed by atoms with van der Waals surface area (Å²) in [5.41, 5.74) is 2.06. The van der Waals surface area contributed by atoms with Crippen molar-refractivity contribution in [3.63, 3.8) is 0 Å². The van der Waals surface area contributed by atoms with Gasteiger partial charge < -0.3 is 19.8 Å². The normalized spacial score (nSPS) is 11.7. The molecule has 2 aromatic carbocycles. The van der Waals surface area contributed by atoms with Gasteiger partial charge in [-0.1, -0.05) is 18.7 Å². The highest BCUT2D eigenvalue weighted by Crippen LogP contribution is 2.25. The SMILES string of the molecule is C=c1[nH]n(-c2nc3ccccc3[nH]2)c(=O)/c1=C\Nc1cc(OC)cc(OC)c1. The van der Waals surface area contributed by atoms with Crippen LogP contribution >= 0.6 is 0 Å². The zero-order chi connectivity index (χ0) is 19.7. The molecule has 0 aliphatic heterocycles. The summed E-state index contributed by atoms with van der Waals surface area (Å²) >= 11 is 0. The number of methoxy groups -OCH3 is 2. The molecular weight excluding hydrogens is 358 g/mol. The fourth-order valence-corrected chi connectivity index (χ4v) is 2.88. The number of hydrogen-bond donors (Lipinski definition) is 3. The minimum Gasteiger partial charge on any atom is -0.497 e. The molecule has 0 radical (unpaired) electrons. The first kappa shape index (κ1) is 17.5. The van der Waals surface area contributed by atoms with Crippen molar-refractivity contribution in [1.82, 2.24) is 19.7 Å². The monoisotopic (exact) mass is 377 g/mol. The van der Waals surface area contributed by atoms with Gasteiger partial charge >= 0.3 is 0 Å². The number of nitrogens with zero attached hydrogens (tertiary/aromatic N) is 2. The number of H-pyrrole nitrogens is 2. The molecule has 0 aliphatic rings. The first-order chi connectivity index (χ1) is 13.6. The predicted molar refractivity (Wildman–Crippen MR) is 108 cm³/mol. The van der Waals surface area contributed by atoms with Crippen molar-refractivity contribution < 1.29 is 9.47 Å². The van der Waals surface area contributed by atoms with E-state index in [0.717, 1.165) is 11.0 Å². The molecular formula is C20H19N5O3. The number of aromatic nitrogens is 4. The number of benzene rings is 2. The summed E-state index contributed by atoms with van der Waals surface area (Å²) in [7, 11) is 3.16. The van der Waals surface area contributed by atoms with E-state index < -0.39 is 0 Å². The van der Waals surface area contributed by atoms with Crippen molar-refractivity contribution >= 4 is 29.5 Å². The number of aromatic amines is 2. The standard InChI is InChI=1S/C20H19N5O3/c1-12-16(11-21-13-8-14(27-2)10-15(9-13)28-3)19(26)25(24-12)20-22-17-6-4-5-7-18(17)23-20/h4-11,21,24H,1H2,2-3H3,(H,22,23)/b16-11-. The van der Waals surface area contributed by atoms with Crippen LogP contribution in [-0.4, -0.2) is 34.0 Å². The number of fused-ring (bicyclic) bond motifs is 1. The van der Waals surface area contributed by atoms with Gasteiger partial charge in [0.25, 0.3) is 5.56 Å². The molecule has 0 aliphatic carbocycles. The molecule has 4 rings (SSSR count). The van der Waals surface area contributed by atoms with E-state index in [9.17, 15) is 4.79 Å². The number of anilines is 1. The second kappa shape index (κ2) is 6.99. The van der Waals surface area contributed by atoms with Crippen LogP contribution in [-0.2, 0) is 0 Å². The Labute approximate surface area is 159 Å². The summed E-state index contributed by atoms with van der Waals surface area (Å²) in [6.07, 6.45) is 1.59. The highest BCUT2D eigenvalue weighted by atomic mass is 16.5. The summed E-state index contributed by atoms with van der Waals surface area (Å²) in [6.45, 7) is 3.92. The lowest BCUT2D eigenvalue weighted by molar-refractivity contribution is 0.395. The Morgan fingerprint density at radius 3 is 2.54 bits per heavy atom. The number of para-hydroxylation sites is 2. The van der Waals surface area contributed by atoms with Crippen LogP contribution in [0, 0.1) is 0 Å². The number of nitrogens with one attached hydrogen (secondary N) is 3. The average molecular weight is 377 g/mol. The summed E-state index contributed by atoms with van der Waals surface area (Å²) in [4.78, 5) is 20.4. The second-order valence-corrected chi connectivity index (χ2v) is 6.11. The van der Waals surface area contributed by atoms with Crippen LogP contribution in [0.15, 0.2) is 47.3 Å². The fraction of sp³-hybridized carbons (Fsp3) is 0.100. The molecule has 142 valence electrons. The third-order valence-electron chi connectivity index (χ3n) is 4.33. The third-order valence-corrected chi connectivity index (χ3v) is 4.33. The second-order valence-electron chi connectivity index (χ2n) is 6.11. The van der Waals surface area contributed by atoms with Crippen LogP contribution in [0.1, 0.15) is 0 Å². The number of ether oxygens (including phenoxy) is 2. The van der Waals surface area contributed by atoms with Gasteiger partial charge in [-0.15, -0.1) is 0 Å². The van der Waals surface area contributed by atoms with Crippen molar-refractivity contribution in [1.29, 1.82) is 0 Å². The molecule has 0 atom stereocenters. The van der Waals surface area contributed by atoms with E-state index in [2.05, 4.69) is 27.0 Å². The van der Waals surface area contributed by atoms with Gasteiger partial charge in [-0.2, -0.15) is 4.68 Å². The van der Waals surface area contributed by atoms with Crippen LogP contribution in [0.4, 0.5) is 5.69 Å². The molecule has 0 spiro atoms. The van der Waals surface area contributed by atoms with Gasteiger partial charge in [-0.3, -0.25) is 9.89 Å². The van der Waals surface area contributed by atoms with Crippen molar-refractivity contribution in [2.45, 2.75) is 0 Å². The van der Waals surface area contributed by atoms with Gasteiger partial charge in [0.05, 0.1) is 35.8 Å². The Kier molecular flexibility index (Phi) is 4.36. The van der Waals surface area contributed by atoms with Crippen molar-refractivity contribution in [2.24, 2.45) is 0 Å². The smallest absolute Gasteiger partial charge is 0.283 e. The molecule has 4 aromatic rings. The van der Waals surface area contributed by atoms with Crippen LogP contribution in [0.2, 0.25) is 0 Å². The van der Waals surface area contributed by atoms with E-state index in [0.29, 0.717) is 33.7 Å². The summed E-state index contributed by atoms with van der Waals surface area (Å²) < 4.78 is 11.8. The van der Waals surface area contributed by atoms with Gasteiger partial charge in [0.2, 0.25) is 5.95 Å². The van der Waals surface area contributed by atoms with Gasteiger partial charge in [-0.05, 0) is 12.1 Å². The maximum atomic E-state index is 12.8. The molecule has 0 saturated carbocycles. The van der Waals surface area contributed by atoms with E-state index in [1.54, 1.807) is 38.6 Å². The molecule has 0 bridgehead atoms. The van der Waals surface area contributed by atoms with Crippen molar-refractivity contribution in [3.05, 3.63) is 63.4 Å². The lowest BCUT2D eigenvalue weighted by Gasteiger charge is -2.07. The van der Waals surface area contributed by atoms with Gasteiger partial charge in [0, 0.05) is 30.1 Å². The zero-order valence-electron chi connectivity index (χ0n) is 15.4. The number of imidazole rings is 1. The van der Waals surface area contributed by atoms with Crippen molar-refractivity contribution in [3.8, 4) is 17.4 Å². The Bertz CT molecular complexity index is 1260. The Morgan fingerprint density at radius 2 is 1.86 bits per heavy atom. The largest absolute Gasteiger partial charge is 0.497 e. The molecule has 0 unspecified atom stereocenters. The number of rotatable bonds is 5. The summed E-state index contributed by atoms with van der Waals surface area (Å²) in [5, 5.41) is 6.90. The first-order valence-electron chi connectivity index (χ1n) is 8.54. The van der Waals surface area contributed by atoms with E-state index in [-0.39, 0.29) is 5.56 Å². The minimum atomic E-state index is -0.272. The Balaban J connectivity index is 1.73. The van der Waals surface area contributed by atoms with Gasteiger partial charge in [0.1, 0.15) is 11.5 Å². The lowest BCUT2D eigenvalue weighted by Crippen LogP contribution is -2.35. The predicted octanol–water partition coefficient (Wildman–Crippen LogP) is 1.32. The first-order valence-corrected chi connectivity index (χ1v) is 8.54. The highest BCUT2D eigenvalue weighted by Gasteiger charge is 2.09. The Morgan fingerprint density at radius 1 is 1.14 bits per heavy atom. The molecule has 8 heteroatoms. The van der Waals surface area contributed by atoms with Crippen LogP contribution in [0.3, 0.4) is 0 Å². The van der Waals surface area contributed by atoms with Crippen LogP contribution in [0.5, 0.6) is 11.5 Å². The maximum absolute atomic E-state index is 12.8. The minimum absolute atomic E-state index is 0.272. The lowest BCUT2D eigenvalue weighted by atomic mass is 10.3. The third kappa shape index (κ3) is 3.11.